The summed E-state index contributed by atoms with van der Waals surface area (Å²) in [6.07, 6.45) is 4.77. The molecule has 0 aromatic carbocycles. The van der Waals surface area contributed by atoms with Crippen LogP contribution in [0.2, 0.25) is 0 Å². The number of nitrogens with one attached hydrogen (secondary N) is 1. The van der Waals surface area contributed by atoms with Crippen LogP contribution in [0, 0.1) is 0 Å². The second kappa shape index (κ2) is 11.7. The lowest BCUT2D eigenvalue weighted by atomic mass is 10.0. The molecule has 15 nitrogen and oxygen atoms in total. The Hall–Kier alpha value is -3.80. The predicted molar refractivity (Wildman–Crippen MR) is 133 cm³/mol. The number of hydrogen-bond acceptors (Lipinski definition) is 14. The molecular formula is C21H24N8O7S2. The van der Waals surface area contributed by atoms with Crippen LogP contribution >= 0.6 is 23.1 Å². The van der Waals surface area contributed by atoms with Crippen LogP contribution in [0.5, 0.6) is 0 Å². The first-order valence-corrected chi connectivity index (χ1v) is 13.2. The van der Waals surface area contributed by atoms with E-state index in [2.05, 4.69) is 20.4 Å². The van der Waals surface area contributed by atoms with Gasteiger partial charge < -0.3 is 41.3 Å². The molecule has 2 atom stereocenters. The van der Waals surface area contributed by atoms with Gasteiger partial charge in [0.15, 0.2) is 29.4 Å². The van der Waals surface area contributed by atoms with Crippen LogP contribution in [0.25, 0.3) is 0 Å². The highest BCUT2D eigenvalue weighted by molar-refractivity contribution is 8.00. The number of hydrogen-bond donors (Lipinski definition) is 5. The third-order valence-corrected chi connectivity index (χ3v) is 7.80. The number of thiazole rings is 1. The summed E-state index contributed by atoms with van der Waals surface area (Å²) in [5, 5.41) is 46.3. The molecule has 1 unspecified atom stereocenters. The number of carboxylic acid groups (broad SMARTS) is 1. The van der Waals surface area contributed by atoms with Gasteiger partial charge >= 0.3 is 0 Å². The number of rotatable bonds is 11. The quantitative estimate of drug-likeness (QED) is 0.0589. The molecule has 38 heavy (non-hydrogen) atoms. The zero-order chi connectivity index (χ0) is 27.4. The topological polar surface area (TPSA) is 222 Å². The smallest absolute Gasteiger partial charge is 0.276 e. The van der Waals surface area contributed by atoms with Crippen LogP contribution in [-0.2, 0) is 20.9 Å². The molecule has 2 amide bonds. The molecule has 6 N–H and O–H groups in total. The number of fused-ring (bicyclic) bond motifs is 1. The molecule has 17 heteroatoms. The van der Waals surface area contributed by atoms with Gasteiger partial charge in [0.25, 0.3) is 11.8 Å². The van der Waals surface area contributed by atoms with Crippen LogP contribution in [-0.4, -0.2) is 97.3 Å². The number of nitrogen functional groups attached to an aromatic ring is 1. The van der Waals surface area contributed by atoms with Crippen molar-refractivity contribution in [1.29, 1.82) is 0 Å². The van der Waals surface area contributed by atoms with E-state index in [1.807, 2.05) is 0 Å². The van der Waals surface area contributed by atoms with E-state index in [1.165, 1.54) is 23.3 Å². The van der Waals surface area contributed by atoms with E-state index >= 15 is 0 Å². The Morgan fingerprint density at radius 2 is 2.08 bits per heavy atom. The summed E-state index contributed by atoms with van der Waals surface area (Å²) >= 11 is 2.30. The standard InChI is InChI=1S/C21H24N8O7S2/c22-21-24-12(10-38-21)14(26-36)17(32)25-15-18(33)29-16(20(34)35)11(9-37-19(15)29)7-27-2-1-23-13(8-27)28(3-5-30)4-6-31/h1-2,8,10,15,19,30-31H,3-7,9H2,(H4-,22,24,25,32,34,35,36)/t15?,19-/m0/s1. The van der Waals surface area contributed by atoms with E-state index in [0.717, 1.165) is 16.2 Å². The summed E-state index contributed by atoms with van der Waals surface area (Å²) in [4.78, 5) is 48.6. The van der Waals surface area contributed by atoms with Gasteiger partial charge in [-0.1, -0.05) is 5.16 Å². The van der Waals surface area contributed by atoms with Crippen molar-refractivity contribution in [3.05, 3.63) is 40.9 Å². The minimum absolute atomic E-state index is 0.0373. The Morgan fingerprint density at radius 3 is 2.68 bits per heavy atom. The maximum Gasteiger partial charge on any atom is 0.276 e. The molecule has 202 valence electrons. The van der Waals surface area contributed by atoms with E-state index in [4.69, 9.17) is 5.73 Å². The second-order valence-corrected chi connectivity index (χ2v) is 10.1. The van der Waals surface area contributed by atoms with E-state index in [1.54, 1.807) is 21.9 Å². The summed E-state index contributed by atoms with van der Waals surface area (Å²) in [7, 11) is 0. The summed E-state index contributed by atoms with van der Waals surface area (Å²) in [6.45, 7) is 0.309. The van der Waals surface area contributed by atoms with Gasteiger partial charge in [-0.15, -0.1) is 23.1 Å². The van der Waals surface area contributed by atoms with Crippen molar-refractivity contribution in [2.75, 3.05) is 42.7 Å². The van der Waals surface area contributed by atoms with Crippen molar-refractivity contribution in [1.82, 2.24) is 20.2 Å². The molecule has 2 aromatic heterocycles. The van der Waals surface area contributed by atoms with Gasteiger partial charge in [-0.3, -0.25) is 14.5 Å². The summed E-state index contributed by atoms with van der Waals surface area (Å²) in [6, 6.07) is -1.05. The number of carboxylic acids is 1. The first kappa shape index (κ1) is 27.2. The van der Waals surface area contributed by atoms with Gasteiger partial charge in [-0.05, 0) is 0 Å². The third-order valence-electron chi connectivity index (χ3n) is 5.79. The van der Waals surface area contributed by atoms with Gasteiger partial charge in [-0.2, -0.15) is 4.57 Å². The highest BCUT2D eigenvalue weighted by Gasteiger charge is 2.53. The van der Waals surface area contributed by atoms with Crippen molar-refractivity contribution in [3.8, 4) is 0 Å². The number of nitrogens with zero attached hydrogens (tertiary/aromatic N) is 6. The lowest BCUT2D eigenvalue weighted by molar-refractivity contribution is -0.688. The number of thioether (sulfide) groups is 1. The molecule has 0 spiro atoms. The number of aliphatic hydroxyl groups is 2. The van der Waals surface area contributed by atoms with Crippen LogP contribution in [0.4, 0.5) is 10.9 Å². The first-order chi connectivity index (χ1) is 18.3. The largest absolute Gasteiger partial charge is 0.543 e. The lowest BCUT2D eigenvalue weighted by Gasteiger charge is -2.50. The maximum absolute atomic E-state index is 12.9. The van der Waals surface area contributed by atoms with Crippen molar-refractivity contribution >= 4 is 57.5 Å². The zero-order valence-electron chi connectivity index (χ0n) is 19.8. The Kier molecular flexibility index (Phi) is 8.40. The van der Waals surface area contributed by atoms with Gasteiger partial charge in [0.2, 0.25) is 6.20 Å². The average molecular weight is 565 g/mol. The molecule has 4 heterocycles. The van der Waals surface area contributed by atoms with Crippen LogP contribution in [0.15, 0.2) is 40.4 Å². The fraction of sp³-hybridized carbons (Fsp3) is 0.381. The molecule has 4 rings (SSSR count). The number of β-lactam (4-membered cyclic amide) rings is 1. The van der Waals surface area contributed by atoms with Crippen LogP contribution in [0.1, 0.15) is 5.69 Å². The summed E-state index contributed by atoms with van der Waals surface area (Å²) < 4.78 is 1.68. The lowest BCUT2D eigenvalue weighted by Crippen LogP contribution is -2.71. The van der Waals surface area contributed by atoms with Gasteiger partial charge in [-0.25, -0.2) is 9.97 Å². The van der Waals surface area contributed by atoms with Crippen molar-refractivity contribution in [2.45, 2.75) is 18.0 Å². The van der Waals surface area contributed by atoms with E-state index in [-0.39, 0.29) is 55.1 Å². The number of aliphatic carboxylic acids is 1. The second-order valence-electron chi connectivity index (χ2n) is 8.14. The minimum atomic E-state index is -1.53. The highest BCUT2D eigenvalue weighted by atomic mass is 32.2. The summed E-state index contributed by atoms with van der Waals surface area (Å²) in [5.41, 5.74) is 5.31. The monoisotopic (exact) mass is 564 g/mol. The minimum Gasteiger partial charge on any atom is -0.543 e. The molecule has 0 radical (unpaired) electrons. The fourth-order valence-corrected chi connectivity index (χ4v) is 5.98. The SMILES string of the molecule is Nc1nc(C(=NO)C(=O)NC2C(=O)N3C(C(=O)[O-])=C(C[n+]4ccnc(N(CCO)CCO)c4)CS[C@@H]23)cs1. The first-order valence-electron chi connectivity index (χ1n) is 11.2. The van der Waals surface area contributed by atoms with Crippen LogP contribution < -0.4 is 25.6 Å². The van der Waals surface area contributed by atoms with Gasteiger partial charge in [0.05, 0.1) is 31.1 Å². The predicted octanol–water partition coefficient (Wildman–Crippen LogP) is -3.52. The highest BCUT2D eigenvalue weighted by Crippen LogP contribution is 2.40. The number of oxime groups is 1. The summed E-state index contributed by atoms with van der Waals surface area (Å²) in [5.74, 6) is -2.35. The van der Waals surface area contributed by atoms with Crippen molar-refractivity contribution < 1.29 is 39.5 Å². The van der Waals surface area contributed by atoms with Crippen molar-refractivity contribution in [2.24, 2.45) is 5.16 Å². The molecule has 1 saturated heterocycles. The fourth-order valence-electron chi connectivity index (χ4n) is 4.10. The Bertz CT molecular complexity index is 1290. The number of nitrogens with two attached hydrogens (primary N) is 1. The molecule has 0 saturated carbocycles. The van der Waals surface area contributed by atoms with Gasteiger partial charge in [0.1, 0.15) is 17.1 Å². The Balaban J connectivity index is 1.51. The number of aliphatic hydroxyl groups excluding tert-OH is 2. The number of carbonyl (C=O) groups excluding carboxylic acids is 3. The molecule has 0 bridgehead atoms. The molecule has 2 aliphatic rings. The van der Waals surface area contributed by atoms with E-state index in [9.17, 15) is 34.9 Å². The maximum atomic E-state index is 12.9. The molecule has 0 aliphatic carbocycles. The molecular weight excluding hydrogens is 540 g/mol. The molecule has 1 fully saturated rings. The zero-order valence-corrected chi connectivity index (χ0v) is 21.4. The van der Waals surface area contributed by atoms with E-state index < -0.39 is 34.9 Å². The Labute approximate surface area is 223 Å². The third kappa shape index (κ3) is 5.40. The molecule has 2 aromatic rings. The number of amides is 2. The van der Waals surface area contributed by atoms with Crippen LogP contribution in [0.3, 0.4) is 0 Å². The van der Waals surface area contributed by atoms with Gasteiger partial charge in [0, 0.05) is 29.8 Å². The number of anilines is 2. The normalized spacial score (nSPS) is 19.2. The van der Waals surface area contributed by atoms with E-state index in [0.29, 0.717) is 11.4 Å². The number of carbonyl (C=O) groups is 3. The number of aromatic nitrogens is 3. The average Bonchev–Trinajstić information content (AvgIpc) is 3.32. The van der Waals surface area contributed by atoms with Crippen molar-refractivity contribution in [3.63, 3.8) is 0 Å². The Morgan fingerprint density at radius 1 is 1.34 bits per heavy atom. The molecule has 2 aliphatic heterocycles.